The van der Waals surface area contributed by atoms with E-state index in [1.807, 2.05) is 29.2 Å². The molecular weight excluding hydrogens is 442 g/mol. The normalized spacial score (nSPS) is 13.6. The van der Waals surface area contributed by atoms with Gasteiger partial charge in [-0.2, -0.15) is 9.78 Å². The molecule has 2 aromatic carbocycles. The van der Waals surface area contributed by atoms with Crippen molar-refractivity contribution in [3.8, 4) is 5.69 Å². The second-order valence-electron chi connectivity index (χ2n) is 7.64. The number of halogens is 1. The second kappa shape index (κ2) is 10.3. The van der Waals surface area contributed by atoms with Gasteiger partial charge in [-0.25, -0.2) is 0 Å². The van der Waals surface area contributed by atoms with Crippen LogP contribution in [0.5, 0.6) is 0 Å². The van der Waals surface area contributed by atoms with Crippen LogP contribution in [0, 0.1) is 0 Å². The molecule has 170 valence electrons. The molecule has 1 aromatic heterocycles. The van der Waals surface area contributed by atoms with Crippen molar-refractivity contribution >= 4 is 29.1 Å². The summed E-state index contributed by atoms with van der Waals surface area (Å²) in [6.45, 7) is 2.37. The fourth-order valence-electron chi connectivity index (χ4n) is 3.73. The Hall–Kier alpha value is -3.65. The lowest BCUT2D eigenvalue weighted by molar-refractivity contribution is -0.131. The number of benzene rings is 2. The molecule has 33 heavy (non-hydrogen) atoms. The Morgan fingerprint density at radius 2 is 1.58 bits per heavy atom. The first-order valence-corrected chi connectivity index (χ1v) is 11.1. The van der Waals surface area contributed by atoms with E-state index in [1.54, 1.807) is 47.5 Å². The third-order valence-electron chi connectivity index (χ3n) is 5.53. The molecule has 2 heterocycles. The number of para-hydroxylation sites is 1. The summed E-state index contributed by atoms with van der Waals surface area (Å²) in [7, 11) is 0. The monoisotopic (exact) mass is 465 g/mol. The summed E-state index contributed by atoms with van der Waals surface area (Å²) in [6, 6.07) is 18.0. The van der Waals surface area contributed by atoms with Gasteiger partial charge in [-0.15, -0.1) is 0 Å². The molecule has 1 saturated heterocycles. The summed E-state index contributed by atoms with van der Waals surface area (Å²) in [5.74, 6) is -0.215. The molecule has 0 spiro atoms. The number of amides is 2. The van der Waals surface area contributed by atoms with Crippen molar-refractivity contribution in [2.45, 2.75) is 6.42 Å². The number of nitrogens with zero attached hydrogens (tertiary/aromatic N) is 4. The summed E-state index contributed by atoms with van der Waals surface area (Å²) >= 11 is 6.39. The molecule has 9 heteroatoms. The smallest absolute Gasteiger partial charge is 0.292 e. The van der Waals surface area contributed by atoms with Gasteiger partial charge < -0.3 is 15.1 Å². The van der Waals surface area contributed by atoms with Gasteiger partial charge in [-0.05, 0) is 24.3 Å². The van der Waals surface area contributed by atoms with Gasteiger partial charge in [0.05, 0.1) is 17.6 Å². The van der Waals surface area contributed by atoms with E-state index in [9.17, 15) is 14.4 Å². The van der Waals surface area contributed by atoms with Gasteiger partial charge in [-0.1, -0.05) is 48.0 Å². The van der Waals surface area contributed by atoms with Crippen molar-refractivity contribution in [2.24, 2.45) is 0 Å². The fraction of sp³-hybridized carbons (Fsp3) is 0.250. The predicted octanol–water partition coefficient (Wildman–Crippen LogP) is 2.35. The number of carbonyl (C=O) groups is 2. The minimum absolute atomic E-state index is 0.0215. The molecule has 1 N–H and O–H groups in total. The van der Waals surface area contributed by atoms with Crippen LogP contribution in [0.1, 0.15) is 16.8 Å². The van der Waals surface area contributed by atoms with Gasteiger partial charge in [0.1, 0.15) is 5.02 Å². The average molecular weight is 466 g/mol. The van der Waals surface area contributed by atoms with Gasteiger partial charge in [0.15, 0.2) is 0 Å². The van der Waals surface area contributed by atoms with Crippen LogP contribution in [0.15, 0.2) is 71.7 Å². The van der Waals surface area contributed by atoms with Crippen LogP contribution in [-0.4, -0.2) is 59.2 Å². The second-order valence-corrected chi connectivity index (χ2v) is 8.01. The Morgan fingerprint density at radius 1 is 0.939 bits per heavy atom. The van der Waals surface area contributed by atoms with Crippen molar-refractivity contribution < 1.29 is 9.59 Å². The van der Waals surface area contributed by atoms with Gasteiger partial charge in [-0.3, -0.25) is 14.4 Å². The molecule has 4 rings (SSSR count). The number of hydrogen-bond acceptors (Lipinski definition) is 5. The van der Waals surface area contributed by atoms with Crippen LogP contribution in [0.2, 0.25) is 5.02 Å². The van der Waals surface area contributed by atoms with Gasteiger partial charge in [0, 0.05) is 44.7 Å². The Labute approximate surface area is 196 Å². The van der Waals surface area contributed by atoms with Crippen LogP contribution in [0.3, 0.4) is 0 Å². The van der Waals surface area contributed by atoms with Crippen molar-refractivity contribution in [1.82, 2.24) is 20.0 Å². The number of aromatic nitrogens is 2. The van der Waals surface area contributed by atoms with Crippen LogP contribution >= 0.6 is 11.6 Å². The molecule has 0 bridgehead atoms. The maximum absolute atomic E-state index is 12.7. The van der Waals surface area contributed by atoms with Crippen LogP contribution in [-0.2, 0) is 4.79 Å². The van der Waals surface area contributed by atoms with E-state index in [-0.39, 0.29) is 35.4 Å². The maximum Gasteiger partial charge on any atom is 0.292 e. The number of nitrogens with one attached hydrogen (secondary N) is 1. The zero-order valence-corrected chi connectivity index (χ0v) is 18.7. The standard InChI is InChI=1S/C24H24ClN5O3/c25-22-20(17-27-30(24(22)33)19-9-5-2-6-10-19)28-13-15-29(16-14-28)21(31)11-12-26-23(32)18-7-3-1-4-8-18/h1-10,17H,11-16H2,(H,26,32). The highest BCUT2D eigenvalue weighted by Crippen LogP contribution is 2.23. The summed E-state index contributed by atoms with van der Waals surface area (Å²) < 4.78 is 1.27. The number of anilines is 1. The zero-order chi connectivity index (χ0) is 23.2. The summed E-state index contributed by atoms with van der Waals surface area (Å²) in [4.78, 5) is 41.1. The lowest BCUT2D eigenvalue weighted by atomic mass is 10.2. The topological polar surface area (TPSA) is 87.5 Å². The summed E-state index contributed by atoms with van der Waals surface area (Å²) in [5.41, 5.74) is 1.40. The molecule has 0 atom stereocenters. The largest absolute Gasteiger partial charge is 0.365 e. The van der Waals surface area contributed by atoms with Crippen molar-refractivity contribution in [1.29, 1.82) is 0 Å². The summed E-state index contributed by atoms with van der Waals surface area (Å²) in [5, 5.41) is 7.16. The molecule has 0 unspecified atom stereocenters. The van der Waals surface area contributed by atoms with Gasteiger partial charge >= 0.3 is 0 Å². The first-order valence-electron chi connectivity index (χ1n) is 10.7. The van der Waals surface area contributed by atoms with Crippen LogP contribution < -0.4 is 15.8 Å². The highest BCUT2D eigenvalue weighted by atomic mass is 35.5. The highest BCUT2D eigenvalue weighted by Gasteiger charge is 2.24. The molecule has 1 aliphatic heterocycles. The van der Waals surface area contributed by atoms with Crippen LogP contribution in [0.25, 0.3) is 5.69 Å². The van der Waals surface area contributed by atoms with E-state index in [1.165, 1.54) is 4.68 Å². The Balaban J connectivity index is 1.30. The van der Waals surface area contributed by atoms with E-state index in [0.29, 0.717) is 43.1 Å². The van der Waals surface area contributed by atoms with E-state index < -0.39 is 0 Å². The lowest BCUT2D eigenvalue weighted by Gasteiger charge is -2.36. The minimum Gasteiger partial charge on any atom is -0.365 e. The number of piperazine rings is 1. The molecule has 0 aliphatic carbocycles. The molecule has 2 amide bonds. The number of rotatable bonds is 6. The maximum atomic E-state index is 12.7. The minimum atomic E-state index is -0.381. The first-order chi connectivity index (χ1) is 16.0. The molecule has 8 nitrogen and oxygen atoms in total. The third kappa shape index (κ3) is 5.23. The number of carbonyl (C=O) groups excluding carboxylic acids is 2. The molecule has 1 aliphatic rings. The van der Waals surface area contributed by atoms with Gasteiger partial charge in [0.25, 0.3) is 11.5 Å². The Kier molecular flexibility index (Phi) is 7.04. The third-order valence-corrected chi connectivity index (χ3v) is 5.89. The van der Waals surface area contributed by atoms with E-state index in [0.717, 1.165) is 0 Å². The van der Waals surface area contributed by atoms with Crippen LogP contribution in [0.4, 0.5) is 5.69 Å². The first kappa shape index (κ1) is 22.5. The summed E-state index contributed by atoms with van der Waals surface area (Å²) in [6.07, 6.45) is 1.82. The quantitative estimate of drug-likeness (QED) is 0.603. The SMILES string of the molecule is O=C(NCCC(=O)N1CCN(c2cnn(-c3ccccc3)c(=O)c2Cl)CC1)c1ccccc1. The van der Waals surface area contributed by atoms with Crippen molar-refractivity contribution in [3.05, 3.63) is 87.8 Å². The molecular formula is C24H24ClN5O3. The number of hydrogen-bond donors (Lipinski definition) is 1. The molecule has 1 fully saturated rings. The fourth-order valence-corrected chi connectivity index (χ4v) is 3.98. The highest BCUT2D eigenvalue weighted by molar-refractivity contribution is 6.33. The molecule has 0 radical (unpaired) electrons. The molecule has 0 saturated carbocycles. The van der Waals surface area contributed by atoms with E-state index in [2.05, 4.69) is 10.4 Å². The van der Waals surface area contributed by atoms with Crippen molar-refractivity contribution in [3.63, 3.8) is 0 Å². The molecule has 3 aromatic rings. The zero-order valence-electron chi connectivity index (χ0n) is 18.0. The Morgan fingerprint density at radius 3 is 2.24 bits per heavy atom. The van der Waals surface area contributed by atoms with Gasteiger partial charge in [0.2, 0.25) is 5.91 Å². The Bertz CT molecular complexity index is 1180. The average Bonchev–Trinajstić information content (AvgIpc) is 2.86. The van der Waals surface area contributed by atoms with Crippen molar-refractivity contribution in [2.75, 3.05) is 37.6 Å². The van der Waals surface area contributed by atoms with E-state index in [4.69, 9.17) is 11.6 Å². The lowest BCUT2D eigenvalue weighted by Crippen LogP contribution is -2.49. The van der Waals surface area contributed by atoms with E-state index >= 15 is 0 Å². The predicted molar refractivity (Wildman–Crippen MR) is 127 cm³/mol.